The predicted molar refractivity (Wildman–Crippen MR) is 83.3 cm³/mol. The average molecular weight is 310 g/mol. The Morgan fingerprint density at radius 3 is 3.19 bits per heavy atom. The standard InChI is InChI=1S/C14H22N4O2S/c1-17-13(11-8-21-9-12(11)16-17)15-14(19)10-3-4-18(7-10)5-6-20-2/h10H,3-9H2,1-2H3,(H,15,19). The van der Waals surface area contributed by atoms with Gasteiger partial charge in [0.15, 0.2) is 0 Å². The first kappa shape index (κ1) is 14.9. The largest absolute Gasteiger partial charge is 0.383 e. The molecule has 21 heavy (non-hydrogen) atoms. The van der Waals surface area contributed by atoms with E-state index in [4.69, 9.17) is 4.74 Å². The van der Waals surface area contributed by atoms with E-state index in [0.29, 0.717) is 0 Å². The van der Waals surface area contributed by atoms with Gasteiger partial charge in [-0.25, -0.2) is 0 Å². The number of rotatable bonds is 5. The third kappa shape index (κ3) is 3.09. The summed E-state index contributed by atoms with van der Waals surface area (Å²) in [6.07, 6.45) is 0.921. The van der Waals surface area contributed by atoms with E-state index in [1.807, 2.05) is 18.8 Å². The summed E-state index contributed by atoms with van der Waals surface area (Å²) in [5.74, 6) is 2.98. The van der Waals surface area contributed by atoms with Crippen molar-refractivity contribution in [1.82, 2.24) is 14.7 Å². The number of nitrogens with zero attached hydrogens (tertiary/aromatic N) is 3. The number of methoxy groups -OCH3 is 1. The summed E-state index contributed by atoms with van der Waals surface area (Å²) in [6, 6.07) is 0. The molecule has 0 spiro atoms. The number of carbonyl (C=O) groups is 1. The van der Waals surface area contributed by atoms with Crippen molar-refractivity contribution >= 4 is 23.5 Å². The van der Waals surface area contributed by atoms with Gasteiger partial charge in [-0.2, -0.15) is 16.9 Å². The molecule has 1 unspecified atom stereocenters. The fraction of sp³-hybridized carbons (Fsp3) is 0.714. The lowest BCUT2D eigenvalue weighted by molar-refractivity contribution is -0.119. The Balaban J connectivity index is 1.60. The molecule has 0 aromatic carbocycles. The van der Waals surface area contributed by atoms with Gasteiger partial charge in [-0.05, 0) is 13.0 Å². The molecule has 3 rings (SSSR count). The van der Waals surface area contributed by atoms with Crippen LogP contribution in [-0.4, -0.2) is 53.9 Å². The van der Waals surface area contributed by atoms with Crippen LogP contribution >= 0.6 is 11.8 Å². The van der Waals surface area contributed by atoms with Crippen molar-refractivity contribution in [2.75, 3.05) is 38.7 Å². The zero-order chi connectivity index (χ0) is 14.8. The summed E-state index contributed by atoms with van der Waals surface area (Å²) < 4.78 is 6.90. The molecule has 1 aromatic rings. The zero-order valence-corrected chi connectivity index (χ0v) is 13.4. The minimum absolute atomic E-state index is 0.0708. The number of fused-ring (bicyclic) bond motifs is 1. The maximum atomic E-state index is 12.5. The minimum atomic E-state index is 0.0708. The fourth-order valence-corrected chi connectivity index (χ4v) is 4.02. The average Bonchev–Trinajstić information content (AvgIpc) is 3.15. The Labute approximate surface area is 129 Å². The molecule has 0 aliphatic carbocycles. The minimum Gasteiger partial charge on any atom is -0.383 e. The maximum absolute atomic E-state index is 12.5. The van der Waals surface area contributed by atoms with Crippen LogP contribution in [0.4, 0.5) is 5.82 Å². The van der Waals surface area contributed by atoms with Gasteiger partial charge in [0.05, 0.1) is 18.2 Å². The van der Waals surface area contributed by atoms with Crippen molar-refractivity contribution in [3.8, 4) is 0 Å². The fourth-order valence-electron chi connectivity index (χ4n) is 2.99. The highest BCUT2D eigenvalue weighted by Gasteiger charge is 2.30. The number of likely N-dealkylation sites (tertiary alicyclic amines) is 1. The lowest BCUT2D eigenvalue weighted by atomic mass is 10.1. The van der Waals surface area contributed by atoms with Gasteiger partial charge >= 0.3 is 0 Å². The summed E-state index contributed by atoms with van der Waals surface area (Å²) in [5, 5.41) is 7.58. The second-order valence-electron chi connectivity index (χ2n) is 5.66. The zero-order valence-electron chi connectivity index (χ0n) is 12.6. The van der Waals surface area contributed by atoms with Crippen molar-refractivity contribution in [2.45, 2.75) is 17.9 Å². The van der Waals surface area contributed by atoms with Crippen LogP contribution in [0.2, 0.25) is 0 Å². The van der Waals surface area contributed by atoms with E-state index >= 15 is 0 Å². The Morgan fingerprint density at radius 2 is 2.38 bits per heavy atom. The highest BCUT2D eigenvalue weighted by Crippen LogP contribution is 2.34. The van der Waals surface area contributed by atoms with E-state index in [2.05, 4.69) is 15.3 Å². The van der Waals surface area contributed by atoms with Crippen LogP contribution in [0.5, 0.6) is 0 Å². The molecule has 1 saturated heterocycles. The van der Waals surface area contributed by atoms with Crippen LogP contribution in [0, 0.1) is 5.92 Å². The van der Waals surface area contributed by atoms with Crippen molar-refractivity contribution in [2.24, 2.45) is 13.0 Å². The molecule has 2 aliphatic heterocycles. The number of carbonyl (C=O) groups excluding carboxylic acids is 1. The number of anilines is 1. The first-order valence-electron chi connectivity index (χ1n) is 7.33. The second-order valence-corrected chi connectivity index (χ2v) is 6.64. The maximum Gasteiger partial charge on any atom is 0.229 e. The first-order chi connectivity index (χ1) is 10.2. The van der Waals surface area contributed by atoms with Gasteiger partial charge in [0.25, 0.3) is 0 Å². The highest BCUT2D eigenvalue weighted by molar-refractivity contribution is 7.98. The van der Waals surface area contributed by atoms with Crippen LogP contribution < -0.4 is 5.32 Å². The molecule has 1 N–H and O–H groups in total. The van der Waals surface area contributed by atoms with Gasteiger partial charge in [-0.15, -0.1) is 0 Å². The number of hydrogen-bond acceptors (Lipinski definition) is 5. The molecule has 1 atom stereocenters. The number of thioether (sulfide) groups is 1. The lowest BCUT2D eigenvalue weighted by Gasteiger charge is -2.15. The van der Waals surface area contributed by atoms with Crippen LogP contribution in [0.3, 0.4) is 0 Å². The van der Waals surface area contributed by atoms with Crippen LogP contribution in [0.15, 0.2) is 0 Å². The van der Waals surface area contributed by atoms with E-state index in [1.54, 1.807) is 11.8 Å². The Hall–Kier alpha value is -1.05. The molecule has 6 nitrogen and oxygen atoms in total. The third-order valence-corrected chi connectivity index (χ3v) is 5.18. The predicted octanol–water partition coefficient (Wildman–Crippen LogP) is 1.07. The van der Waals surface area contributed by atoms with E-state index in [0.717, 1.165) is 55.7 Å². The number of nitrogens with one attached hydrogen (secondary N) is 1. The summed E-state index contributed by atoms with van der Waals surface area (Å²) in [4.78, 5) is 14.8. The molecule has 2 aliphatic rings. The molecule has 7 heteroatoms. The number of aryl methyl sites for hydroxylation is 1. The van der Waals surface area contributed by atoms with Gasteiger partial charge in [-0.1, -0.05) is 0 Å². The van der Waals surface area contributed by atoms with E-state index in [1.165, 1.54) is 5.56 Å². The number of ether oxygens (including phenoxy) is 1. The van der Waals surface area contributed by atoms with Crippen molar-refractivity contribution in [3.63, 3.8) is 0 Å². The smallest absolute Gasteiger partial charge is 0.229 e. The second kappa shape index (κ2) is 6.37. The summed E-state index contributed by atoms with van der Waals surface area (Å²) in [5.41, 5.74) is 2.32. The van der Waals surface area contributed by atoms with E-state index < -0.39 is 0 Å². The SMILES string of the molecule is COCCN1CCC(C(=O)Nc2c3c(nn2C)CSC3)C1. The van der Waals surface area contributed by atoms with Gasteiger partial charge < -0.3 is 15.0 Å². The quantitative estimate of drug-likeness (QED) is 0.882. The summed E-state index contributed by atoms with van der Waals surface area (Å²) in [7, 11) is 3.61. The molecule has 1 fully saturated rings. The molecule has 0 bridgehead atoms. The highest BCUT2D eigenvalue weighted by atomic mass is 32.2. The topological polar surface area (TPSA) is 59.4 Å². The normalized spacial score (nSPS) is 21.7. The molecule has 116 valence electrons. The summed E-state index contributed by atoms with van der Waals surface area (Å²) in [6.45, 7) is 3.42. The molecule has 3 heterocycles. The lowest BCUT2D eigenvalue weighted by Crippen LogP contribution is -2.29. The van der Waals surface area contributed by atoms with Crippen LogP contribution in [0.25, 0.3) is 0 Å². The summed E-state index contributed by atoms with van der Waals surface area (Å²) >= 11 is 1.85. The molecular weight excluding hydrogens is 288 g/mol. The number of aromatic nitrogens is 2. The Kier molecular flexibility index (Phi) is 4.51. The number of amides is 1. The van der Waals surface area contributed by atoms with E-state index in [-0.39, 0.29) is 11.8 Å². The van der Waals surface area contributed by atoms with Gasteiger partial charge in [0, 0.05) is 44.3 Å². The molecule has 1 amide bonds. The monoisotopic (exact) mass is 310 g/mol. The van der Waals surface area contributed by atoms with Crippen LogP contribution in [0.1, 0.15) is 17.7 Å². The molecule has 0 saturated carbocycles. The van der Waals surface area contributed by atoms with Gasteiger partial charge in [0.2, 0.25) is 5.91 Å². The van der Waals surface area contributed by atoms with Crippen molar-refractivity contribution in [1.29, 1.82) is 0 Å². The van der Waals surface area contributed by atoms with Gasteiger partial charge in [0.1, 0.15) is 5.82 Å². The van der Waals surface area contributed by atoms with Gasteiger partial charge in [-0.3, -0.25) is 9.48 Å². The molecule has 0 radical (unpaired) electrons. The number of hydrogen-bond donors (Lipinski definition) is 1. The third-order valence-electron chi connectivity index (χ3n) is 4.21. The Morgan fingerprint density at radius 1 is 1.52 bits per heavy atom. The Bertz CT molecular complexity index is 531. The van der Waals surface area contributed by atoms with Crippen LogP contribution in [-0.2, 0) is 28.1 Å². The first-order valence-corrected chi connectivity index (χ1v) is 8.49. The molecule has 1 aromatic heterocycles. The molecular formula is C14H22N4O2S. The van der Waals surface area contributed by atoms with Crippen molar-refractivity contribution in [3.05, 3.63) is 11.3 Å². The van der Waals surface area contributed by atoms with Crippen molar-refractivity contribution < 1.29 is 9.53 Å². The van der Waals surface area contributed by atoms with E-state index in [9.17, 15) is 4.79 Å².